The summed E-state index contributed by atoms with van der Waals surface area (Å²) in [6.45, 7) is 7.93. The molecule has 51 heavy (non-hydrogen) atoms. The zero-order valence-corrected chi connectivity index (χ0v) is 31.9. The predicted octanol–water partition coefficient (Wildman–Crippen LogP) is 11.4. The molecular formula is C43H64O8. The van der Waals surface area contributed by atoms with Gasteiger partial charge < -0.3 is 24.1 Å². The Morgan fingerprint density at radius 1 is 0.608 bits per heavy atom. The van der Waals surface area contributed by atoms with Crippen molar-refractivity contribution in [2.45, 2.75) is 162 Å². The smallest absolute Gasteiger partial charge is 0.311 e. The summed E-state index contributed by atoms with van der Waals surface area (Å²) in [5, 5.41) is 11.1. The molecule has 8 nitrogen and oxygen atoms in total. The molecule has 2 aromatic carbocycles. The van der Waals surface area contributed by atoms with E-state index >= 15 is 0 Å². The van der Waals surface area contributed by atoms with Crippen LogP contribution < -0.4 is 18.9 Å². The van der Waals surface area contributed by atoms with Gasteiger partial charge in [-0.25, -0.2) is 0 Å². The lowest BCUT2D eigenvalue weighted by atomic mass is 10.1. The van der Waals surface area contributed by atoms with Crippen LogP contribution in [-0.4, -0.2) is 29.6 Å². The van der Waals surface area contributed by atoms with Gasteiger partial charge in [0, 0.05) is 43.0 Å². The predicted molar refractivity (Wildman–Crippen MR) is 204 cm³/mol. The van der Waals surface area contributed by atoms with Crippen LogP contribution in [0.4, 0.5) is 0 Å². The van der Waals surface area contributed by atoms with Crippen molar-refractivity contribution in [2.75, 3.05) is 6.61 Å². The number of esters is 3. The van der Waals surface area contributed by atoms with Crippen LogP contribution in [0.2, 0.25) is 0 Å². The number of aliphatic hydroxyl groups is 1. The average molecular weight is 709 g/mol. The van der Waals surface area contributed by atoms with Gasteiger partial charge in [0.25, 0.3) is 0 Å². The van der Waals surface area contributed by atoms with Crippen molar-refractivity contribution >= 4 is 24.0 Å². The van der Waals surface area contributed by atoms with Crippen LogP contribution in [0.3, 0.4) is 0 Å². The Kier molecular flexibility index (Phi) is 23.1. The molecule has 8 heteroatoms. The van der Waals surface area contributed by atoms with Crippen LogP contribution in [0, 0.1) is 0 Å². The average Bonchev–Trinajstić information content (AvgIpc) is 3.09. The molecule has 0 fully saturated rings. The highest BCUT2D eigenvalue weighted by atomic mass is 16.5. The lowest BCUT2D eigenvalue weighted by Gasteiger charge is -2.15. The maximum atomic E-state index is 12.9. The third-order valence-corrected chi connectivity index (χ3v) is 8.73. The molecular weight excluding hydrogens is 644 g/mol. The first-order valence-electron chi connectivity index (χ1n) is 19.6. The zero-order valence-electron chi connectivity index (χ0n) is 31.9. The number of ether oxygens (including phenoxy) is 4. The molecule has 0 heterocycles. The first kappa shape index (κ1) is 43.5. The summed E-state index contributed by atoms with van der Waals surface area (Å²) >= 11 is 0. The summed E-state index contributed by atoms with van der Waals surface area (Å²) in [5.74, 6) is 0.130. The number of benzene rings is 2. The third kappa shape index (κ3) is 19.5. The van der Waals surface area contributed by atoms with Crippen molar-refractivity contribution in [3.05, 3.63) is 53.6 Å². The highest BCUT2D eigenvalue weighted by molar-refractivity contribution is 5.76. The number of hydrogen-bond acceptors (Lipinski definition) is 8. The van der Waals surface area contributed by atoms with Crippen LogP contribution in [0.1, 0.15) is 173 Å². The Balaban J connectivity index is 2.07. The van der Waals surface area contributed by atoms with Crippen LogP contribution in [0.5, 0.6) is 23.0 Å². The van der Waals surface area contributed by atoms with E-state index in [9.17, 15) is 19.5 Å². The molecule has 2 aromatic rings. The van der Waals surface area contributed by atoms with E-state index in [4.69, 9.17) is 18.9 Å². The lowest BCUT2D eigenvalue weighted by Crippen LogP contribution is -2.10. The highest BCUT2D eigenvalue weighted by Crippen LogP contribution is 2.33. The van der Waals surface area contributed by atoms with Gasteiger partial charge in [0.15, 0.2) is 0 Å². The number of carbonyl (C=O) groups excluding carboxylic acids is 3. The molecule has 0 saturated heterocycles. The number of carbonyl (C=O) groups is 3. The second-order valence-corrected chi connectivity index (χ2v) is 13.3. The van der Waals surface area contributed by atoms with Gasteiger partial charge >= 0.3 is 17.9 Å². The molecule has 1 N–H and O–H groups in total. The Labute approximate surface area is 307 Å². The molecule has 0 aromatic heterocycles. The number of unbranched alkanes of at least 4 members (excludes halogenated alkanes) is 16. The summed E-state index contributed by atoms with van der Waals surface area (Å²) in [7, 11) is 0. The van der Waals surface area contributed by atoms with Gasteiger partial charge in [-0.2, -0.15) is 0 Å². The van der Waals surface area contributed by atoms with Crippen molar-refractivity contribution in [2.24, 2.45) is 0 Å². The first-order valence-corrected chi connectivity index (χ1v) is 19.6. The van der Waals surface area contributed by atoms with Gasteiger partial charge in [-0.15, -0.1) is 0 Å². The fourth-order valence-electron chi connectivity index (χ4n) is 5.89. The Hall–Kier alpha value is -3.65. The summed E-state index contributed by atoms with van der Waals surface area (Å²) in [6.07, 6.45) is 23.6. The number of aliphatic hydroxyl groups excluding tert-OH is 1. The maximum Gasteiger partial charge on any atom is 0.311 e. The van der Waals surface area contributed by atoms with Crippen molar-refractivity contribution in [1.82, 2.24) is 0 Å². The Morgan fingerprint density at radius 3 is 1.61 bits per heavy atom. The Morgan fingerprint density at radius 2 is 1.08 bits per heavy atom. The van der Waals surface area contributed by atoms with E-state index in [0.717, 1.165) is 38.5 Å². The maximum absolute atomic E-state index is 12.9. The van der Waals surface area contributed by atoms with E-state index in [1.165, 1.54) is 84.0 Å². The van der Waals surface area contributed by atoms with Gasteiger partial charge in [0.05, 0.1) is 6.61 Å². The van der Waals surface area contributed by atoms with E-state index in [1.54, 1.807) is 48.6 Å². The Bertz CT molecular complexity index is 1320. The zero-order chi connectivity index (χ0) is 37.1. The molecule has 0 amide bonds. The van der Waals surface area contributed by atoms with E-state index in [-0.39, 0.29) is 24.1 Å². The molecule has 1 unspecified atom stereocenters. The van der Waals surface area contributed by atoms with Crippen molar-refractivity contribution < 1.29 is 38.4 Å². The van der Waals surface area contributed by atoms with Crippen molar-refractivity contribution in [3.63, 3.8) is 0 Å². The van der Waals surface area contributed by atoms with Crippen molar-refractivity contribution in [3.8, 4) is 23.0 Å². The van der Waals surface area contributed by atoms with Gasteiger partial charge in [-0.3, -0.25) is 14.4 Å². The normalized spacial score (nSPS) is 11.8. The number of rotatable bonds is 28. The molecule has 0 radical (unpaired) electrons. The summed E-state index contributed by atoms with van der Waals surface area (Å²) < 4.78 is 22.3. The summed E-state index contributed by atoms with van der Waals surface area (Å²) in [5.41, 5.74) is 1.03. The topological polar surface area (TPSA) is 108 Å². The monoisotopic (exact) mass is 708 g/mol. The van der Waals surface area contributed by atoms with Crippen molar-refractivity contribution in [1.29, 1.82) is 0 Å². The molecule has 0 bridgehead atoms. The van der Waals surface area contributed by atoms with Crippen LogP contribution in [0.25, 0.3) is 6.08 Å². The van der Waals surface area contributed by atoms with Crippen LogP contribution >= 0.6 is 0 Å². The van der Waals surface area contributed by atoms with Crippen LogP contribution in [-0.2, 0) is 14.4 Å². The summed E-state index contributed by atoms with van der Waals surface area (Å²) in [4.78, 5) is 37.0. The molecule has 0 aliphatic carbocycles. The second-order valence-electron chi connectivity index (χ2n) is 13.3. The molecule has 284 valence electrons. The highest BCUT2D eigenvalue weighted by Gasteiger charge is 2.16. The minimum absolute atomic E-state index is 0.253. The molecule has 0 saturated carbocycles. The molecule has 2 rings (SSSR count). The van der Waals surface area contributed by atoms with Gasteiger partial charge in [0.2, 0.25) is 0 Å². The van der Waals surface area contributed by atoms with Crippen LogP contribution in [0.15, 0.2) is 42.5 Å². The first-order chi connectivity index (χ1) is 24.8. The lowest BCUT2D eigenvalue weighted by molar-refractivity contribution is -0.135. The minimum atomic E-state index is -1.07. The summed E-state index contributed by atoms with van der Waals surface area (Å²) in [6, 6.07) is 9.73. The molecule has 0 spiro atoms. The van der Waals surface area contributed by atoms with E-state index in [2.05, 4.69) is 13.8 Å². The molecule has 0 aliphatic rings. The SMILES string of the molecule is CCCCCCCCCCCC(=O)Oc1ccc(C=CC(O)c2ccc(OC(C)=O)cc2OCC)c(OC(=O)CCCCCCCCCCC)c1. The molecule has 1 atom stereocenters. The fourth-order valence-corrected chi connectivity index (χ4v) is 5.89. The third-order valence-electron chi connectivity index (χ3n) is 8.73. The quantitative estimate of drug-likeness (QED) is 0.0528. The number of hydrogen-bond donors (Lipinski definition) is 1. The van der Waals surface area contributed by atoms with E-state index in [0.29, 0.717) is 41.4 Å². The fraction of sp³-hybridized carbons (Fsp3) is 0.605. The van der Waals surface area contributed by atoms with Gasteiger partial charge in [-0.05, 0) is 44.0 Å². The standard InChI is InChI=1S/C43H64O8/c1-5-8-10-12-14-16-18-20-22-24-42(46)50-37-28-26-35(40(32-37)51-43(47)25-23-21-19-17-15-13-11-9-6-2)27-31-39(45)38-30-29-36(49-34(4)44)33-41(38)48-7-3/h26-33,39,45H,5-25H2,1-4H3. The second kappa shape index (κ2) is 27.1. The molecule has 0 aliphatic heterocycles. The largest absolute Gasteiger partial charge is 0.493 e. The van der Waals surface area contributed by atoms with Gasteiger partial charge in [-0.1, -0.05) is 129 Å². The van der Waals surface area contributed by atoms with Gasteiger partial charge in [0.1, 0.15) is 29.1 Å². The van der Waals surface area contributed by atoms with E-state index < -0.39 is 12.1 Å². The van der Waals surface area contributed by atoms with E-state index in [1.807, 2.05) is 6.92 Å². The minimum Gasteiger partial charge on any atom is -0.493 e.